The first kappa shape index (κ1) is 12.7. The molecule has 0 unspecified atom stereocenters. The second-order valence-electron chi connectivity index (χ2n) is 5.85. The molecule has 0 aromatic carbocycles. The molecule has 19 heavy (non-hydrogen) atoms. The fourth-order valence-electron chi connectivity index (χ4n) is 3.47. The predicted molar refractivity (Wildman–Crippen MR) is 72.5 cm³/mol. The largest absolute Gasteiger partial charge is 0.349 e. The first-order chi connectivity index (χ1) is 9.08. The molecule has 104 valence electrons. The number of nitrogens with zero attached hydrogens (tertiary/aromatic N) is 2. The highest BCUT2D eigenvalue weighted by Crippen LogP contribution is 2.36. The SMILES string of the molecule is Cc1nc(CNC(=O)[C@@H]2[C@H]3CC[C@@H]2NC3)n(C)c1C. The molecule has 3 atom stereocenters. The Balaban J connectivity index is 1.63. The molecule has 0 spiro atoms. The van der Waals surface area contributed by atoms with Crippen molar-refractivity contribution in [2.24, 2.45) is 18.9 Å². The van der Waals surface area contributed by atoms with Gasteiger partial charge in [-0.15, -0.1) is 0 Å². The van der Waals surface area contributed by atoms with Crippen LogP contribution in [0.15, 0.2) is 0 Å². The molecule has 2 heterocycles. The maximum absolute atomic E-state index is 12.3. The van der Waals surface area contributed by atoms with Crippen LogP contribution in [-0.4, -0.2) is 28.0 Å². The summed E-state index contributed by atoms with van der Waals surface area (Å²) in [4.78, 5) is 16.8. The lowest BCUT2D eigenvalue weighted by molar-refractivity contribution is -0.125. The first-order valence-electron chi connectivity index (χ1n) is 7.08. The van der Waals surface area contributed by atoms with Gasteiger partial charge in [0.15, 0.2) is 0 Å². The van der Waals surface area contributed by atoms with Gasteiger partial charge in [0, 0.05) is 18.8 Å². The van der Waals surface area contributed by atoms with Crippen LogP contribution in [0.2, 0.25) is 0 Å². The average molecular weight is 262 g/mol. The third-order valence-electron chi connectivity index (χ3n) is 4.87. The van der Waals surface area contributed by atoms with E-state index in [2.05, 4.69) is 27.1 Å². The minimum absolute atomic E-state index is 0.169. The highest BCUT2D eigenvalue weighted by Gasteiger charge is 2.45. The number of aromatic nitrogens is 2. The summed E-state index contributed by atoms with van der Waals surface area (Å²) in [5.74, 6) is 1.83. The molecular formula is C14H22N4O. The Kier molecular flexibility index (Phi) is 3.09. The number of nitrogens with one attached hydrogen (secondary N) is 2. The second kappa shape index (κ2) is 4.63. The van der Waals surface area contributed by atoms with Crippen LogP contribution in [0, 0.1) is 25.7 Å². The van der Waals surface area contributed by atoms with Crippen LogP contribution in [0.1, 0.15) is 30.1 Å². The highest BCUT2D eigenvalue weighted by molar-refractivity contribution is 5.80. The van der Waals surface area contributed by atoms with Gasteiger partial charge in [-0.25, -0.2) is 4.98 Å². The fraction of sp³-hybridized carbons (Fsp3) is 0.714. The van der Waals surface area contributed by atoms with E-state index < -0.39 is 0 Å². The van der Waals surface area contributed by atoms with Crippen molar-refractivity contribution in [3.8, 4) is 0 Å². The molecule has 0 radical (unpaired) electrons. The van der Waals surface area contributed by atoms with Crippen LogP contribution in [0.3, 0.4) is 0 Å². The number of hydrogen-bond acceptors (Lipinski definition) is 3. The molecular weight excluding hydrogens is 240 g/mol. The van der Waals surface area contributed by atoms with Crippen LogP contribution < -0.4 is 10.6 Å². The maximum Gasteiger partial charge on any atom is 0.225 e. The summed E-state index contributed by atoms with van der Waals surface area (Å²) >= 11 is 0. The van der Waals surface area contributed by atoms with E-state index in [1.165, 1.54) is 6.42 Å². The van der Waals surface area contributed by atoms with E-state index in [9.17, 15) is 4.79 Å². The summed E-state index contributed by atoms with van der Waals surface area (Å²) in [6, 6.07) is 0.398. The second-order valence-corrected chi connectivity index (χ2v) is 5.85. The Hall–Kier alpha value is -1.36. The van der Waals surface area contributed by atoms with Crippen LogP contribution in [0.4, 0.5) is 0 Å². The number of rotatable bonds is 3. The van der Waals surface area contributed by atoms with Crippen molar-refractivity contribution < 1.29 is 4.79 Å². The van der Waals surface area contributed by atoms with E-state index in [0.29, 0.717) is 18.5 Å². The number of piperidine rings is 1. The molecule has 3 rings (SSSR count). The normalized spacial score (nSPS) is 28.9. The van der Waals surface area contributed by atoms with Gasteiger partial charge in [0.1, 0.15) is 5.82 Å². The Morgan fingerprint density at radius 1 is 1.47 bits per heavy atom. The highest BCUT2D eigenvalue weighted by atomic mass is 16.2. The summed E-state index contributed by atoms with van der Waals surface area (Å²) in [7, 11) is 2.00. The first-order valence-corrected chi connectivity index (χ1v) is 7.08. The van der Waals surface area contributed by atoms with Gasteiger partial charge in [-0.3, -0.25) is 4.79 Å². The van der Waals surface area contributed by atoms with Gasteiger partial charge in [0.05, 0.1) is 18.2 Å². The minimum atomic E-state index is 0.169. The standard InChI is InChI=1S/C14H22N4O/c1-8-9(2)18(3)12(17-8)7-16-14(19)13-10-4-5-11(13)15-6-10/h10-11,13,15H,4-7H2,1-3H3,(H,16,19)/t10-,11-,13+/m0/s1. The van der Waals surface area contributed by atoms with Gasteiger partial charge in [0.25, 0.3) is 0 Å². The van der Waals surface area contributed by atoms with Gasteiger partial charge in [0.2, 0.25) is 5.91 Å². The van der Waals surface area contributed by atoms with E-state index in [-0.39, 0.29) is 11.8 Å². The molecule has 1 aromatic rings. The van der Waals surface area contributed by atoms with Crippen molar-refractivity contribution in [3.63, 3.8) is 0 Å². The van der Waals surface area contributed by atoms with Gasteiger partial charge >= 0.3 is 0 Å². The van der Waals surface area contributed by atoms with Crippen molar-refractivity contribution in [3.05, 3.63) is 17.2 Å². The Morgan fingerprint density at radius 2 is 2.26 bits per heavy atom. The summed E-state index contributed by atoms with van der Waals surface area (Å²) < 4.78 is 2.05. The van der Waals surface area contributed by atoms with Crippen molar-refractivity contribution in [1.29, 1.82) is 0 Å². The zero-order valence-electron chi connectivity index (χ0n) is 11.9. The molecule has 2 N–H and O–H groups in total. The third kappa shape index (κ3) is 2.06. The van der Waals surface area contributed by atoms with E-state index >= 15 is 0 Å². The number of aryl methyl sites for hydroxylation is 1. The molecule has 5 heteroatoms. The molecule has 1 aromatic heterocycles. The zero-order valence-corrected chi connectivity index (χ0v) is 11.9. The van der Waals surface area contributed by atoms with Crippen molar-refractivity contribution in [2.45, 2.75) is 39.3 Å². The average Bonchev–Trinajstić information content (AvgIpc) is 3.06. The van der Waals surface area contributed by atoms with E-state index in [4.69, 9.17) is 0 Å². The monoisotopic (exact) mass is 262 g/mol. The lowest BCUT2D eigenvalue weighted by Crippen LogP contribution is -2.37. The molecule has 1 aliphatic carbocycles. The lowest BCUT2D eigenvalue weighted by atomic mass is 9.97. The number of amides is 1. The van der Waals surface area contributed by atoms with Crippen molar-refractivity contribution >= 4 is 5.91 Å². The van der Waals surface area contributed by atoms with Gasteiger partial charge < -0.3 is 15.2 Å². The molecule has 1 aliphatic heterocycles. The van der Waals surface area contributed by atoms with Crippen LogP contribution in [0.5, 0.6) is 0 Å². The van der Waals surface area contributed by atoms with Crippen molar-refractivity contribution in [2.75, 3.05) is 6.54 Å². The van der Waals surface area contributed by atoms with Crippen LogP contribution in [-0.2, 0) is 18.4 Å². The molecule has 5 nitrogen and oxygen atoms in total. The van der Waals surface area contributed by atoms with Crippen molar-refractivity contribution in [1.82, 2.24) is 20.2 Å². The topological polar surface area (TPSA) is 59.0 Å². The molecule has 2 aliphatic rings. The summed E-state index contributed by atoms with van der Waals surface area (Å²) in [5.41, 5.74) is 2.20. The third-order valence-corrected chi connectivity index (χ3v) is 4.87. The maximum atomic E-state index is 12.3. The number of fused-ring (bicyclic) bond motifs is 2. The lowest BCUT2D eigenvalue weighted by Gasteiger charge is -2.14. The van der Waals surface area contributed by atoms with Crippen LogP contribution >= 0.6 is 0 Å². The van der Waals surface area contributed by atoms with Crippen LogP contribution in [0.25, 0.3) is 0 Å². The number of hydrogen-bond donors (Lipinski definition) is 2. The molecule has 1 amide bonds. The van der Waals surface area contributed by atoms with E-state index in [1.807, 2.05) is 14.0 Å². The van der Waals surface area contributed by atoms with Gasteiger partial charge in [-0.1, -0.05) is 0 Å². The summed E-state index contributed by atoms with van der Waals surface area (Å²) in [5, 5.41) is 6.49. The molecule has 1 saturated carbocycles. The Labute approximate surface area is 113 Å². The summed E-state index contributed by atoms with van der Waals surface area (Å²) in [6.45, 7) is 5.58. The predicted octanol–water partition coefficient (Wildman–Crippen LogP) is 0.651. The Morgan fingerprint density at radius 3 is 2.74 bits per heavy atom. The number of carbonyl (C=O) groups excluding carboxylic acids is 1. The molecule has 2 bridgehead atoms. The fourth-order valence-corrected chi connectivity index (χ4v) is 3.47. The zero-order chi connectivity index (χ0) is 13.6. The summed E-state index contributed by atoms with van der Waals surface area (Å²) in [6.07, 6.45) is 2.33. The quantitative estimate of drug-likeness (QED) is 0.841. The number of imidazole rings is 1. The number of carbonyl (C=O) groups is 1. The van der Waals surface area contributed by atoms with E-state index in [0.717, 1.165) is 30.2 Å². The Bertz CT molecular complexity index is 488. The van der Waals surface area contributed by atoms with E-state index in [1.54, 1.807) is 0 Å². The van der Waals surface area contributed by atoms with Gasteiger partial charge in [-0.2, -0.15) is 0 Å². The van der Waals surface area contributed by atoms with Gasteiger partial charge in [-0.05, 0) is 39.2 Å². The minimum Gasteiger partial charge on any atom is -0.349 e. The molecule has 2 fully saturated rings. The smallest absolute Gasteiger partial charge is 0.225 e. The molecule has 1 saturated heterocycles.